The summed E-state index contributed by atoms with van der Waals surface area (Å²) in [7, 11) is 1.52. The zero-order valence-electron chi connectivity index (χ0n) is 22.1. The van der Waals surface area contributed by atoms with Gasteiger partial charge in [0.15, 0.2) is 0 Å². The molecule has 0 aliphatic carbocycles. The monoisotopic (exact) mass is 535 g/mol. The quantitative estimate of drug-likeness (QED) is 0.330. The van der Waals surface area contributed by atoms with Crippen LogP contribution in [0.1, 0.15) is 53.0 Å². The van der Waals surface area contributed by atoms with E-state index in [4.69, 9.17) is 21.1 Å². The van der Waals surface area contributed by atoms with Crippen LogP contribution < -0.4 is 25.0 Å². The average Bonchev–Trinajstić information content (AvgIpc) is 3.13. The van der Waals surface area contributed by atoms with Crippen molar-refractivity contribution in [2.45, 2.75) is 39.2 Å². The van der Waals surface area contributed by atoms with Gasteiger partial charge in [-0.1, -0.05) is 37.6 Å². The summed E-state index contributed by atoms with van der Waals surface area (Å²) >= 11 is 6.20. The Labute approximate surface area is 229 Å². The van der Waals surface area contributed by atoms with Gasteiger partial charge in [0.25, 0.3) is 11.8 Å². The lowest BCUT2D eigenvalue weighted by Crippen LogP contribution is -2.31. The molecule has 38 heavy (non-hydrogen) atoms. The third kappa shape index (κ3) is 6.65. The molecule has 0 saturated carbocycles. The van der Waals surface area contributed by atoms with Crippen LogP contribution in [0.3, 0.4) is 0 Å². The molecule has 2 amide bonds. The maximum absolute atomic E-state index is 13.6. The number of anilines is 2. The van der Waals surface area contributed by atoms with Crippen molar-refractivity contribution in [2.75, 3.05) is 37.0 Å². The van der Waals surface area contributed by atoms with E-state index in [9.17, 15) is 9.59 Å². The molecule has 4 rings (SSSR count). The second-order valence-corrected chi connectivity index (χ2v) is 9.95. The van der Waals surface area contributed by atoms with E-state index in [0.717, 1.165) is 30.5 Å². The number of fused-ring (bicyclic) bond motifs is 1. The molecular formula is C30H34ClN3O4. The summed E-state index contributed by atoms with van der Waals surface area (Å²) in [5.41, 5.74) is 3.31. The summed E-state index contributed by atoms with van der Waals surface area (Å²) in [4.78, 5) is 28.5. The van der Waals surface area contributed by atoms with Crippen molar-refractivity contribution in [3.63, 3.8) is 0 Å². The van der Waals surface area contributed by atoms with E-state index in [-0.39, 0.29) is 11.8 Å². The number of nitrogens with one attached hydrogen (secondary N) is 2. The number of nitrogens with zero attached hydrogens (tertiary/aromatic N) is 1. The molecule has 1 aliphatic rings. The molecule has 0 bridgehead atoms. The summed E-state index contributed by atoms with van der Waals surface area (Å²) in [5, 5.41) is 6.86. The molecule has 0 saturated heterocycles. The van der Waals surface area contributed by atoms with Crippen LogP contribution in [0.4, 0.5) is 11.4 Å². The van der Waals surface area contributed by atoms with Gasteiger partial charge >= 0.3 is 0 Å². The molecule has 0 unspecified atom stereocenters. The highest BCUT2D eigenvalue weighted by molar-refractivity contribution is 6.30. The lowest BCUT2D eigenvalue weighted by molar-refractivity contribution is 0.0985. The van der Waals surface area contributed by atoms with Crippen LogP contribution in [-0.2, 0) is 6.42 Å². The summed E-state index contributed by atoms with van der Waals surface area (Å²) in [6.45, 7) is 5.87. The Morgan fingerprint density at radius 3 is 2.63 bits per heavy atom. The Balaban J connectivity index is 1.51. The number of rotatable bonds is 9. The first-order valence-electron chi connectivity index (χ1n) is 12.9. The van der Waals surface area contributed by atoms with Gasteiger partial charge in [0.1, 0.15) is 18.1 Å². The third-order valence-electron chi connectivity index (χ3n) is 6.40. The van der Waals surface area contributed by atoms with Crippen LogP contribution in [-0.4, -0.2) is 44.7 Å². The molecule has 200 valence electrons. The highest BCUT2D eigenvalue weighted by Crippen LogP contribution is 2.32. The minimum Gasteiger partial charge on any atom is -0.495 e. The normalized spacial score (nSPS) is 13.0. The fourth-order valence-corrected chi connectivity index (χ4v) is 4.69. The van der Waals surface area contributed by atoms with Gasteiger partial charge < -0.3 is 25.0 Å². The first-order chi connectivity index (χ1) is 18.4. The van der Waals surface area contributed by atoms with Gasteiger partial charge in [-0.3, -0.25) is 9.59 Å². The number of carbonyl (C=O) groups excluding carboxylic acids is 2. The SMILES string of the molecule is COc1cc(C(=O)N2CCCCc3cc(Cl)ccc32)ccc1NC(=O)c1ccccc1OCCNC(C)C. The van der Waals surface area contributed by atoms with E-state index >= 15 is 0 Å². The van der Waals surface area contributed by atoms with E-state index in [1.165, 1.54) is 7.11 Å². The Bertz CT molecular complexity index is 1290. The highest BCUT2D eigenvalue weighted by atomic mass is 35.5. The van der Waals surface area contributed by atoms with Crippen molar-refractivity contribution >= 4 is 34.8 Å². The van der Waals surface area contributed by atoms with Crippen LogP contribution in [0.5, 0.6) is 11.5 Å². The summed E-state index contributed by atoms with van der Waals surface area (Å²) in [6, 6.07) is 18.2. The molecule has 2 N–H and O–H groups in total. The summed E-state index contributed by atoms with van der Waals surface area (Å²) < 4.78 is 11.4. The lowest BCUT2D eigenvalue weighted by Gasteiger charge is -2.23. The predicted octanol–water partition coefficient (Wildman–Crippen LogP) is 5.96. The third-order valence-corrected chi connectivity index (χ3v) is 6.63. The van der Waals surface area contributed by atoms with Crippen LogP contribution >= 0.6 is 11.6 Å². The van der Waals surface area contributed by atoms with Crippen molar-refractivity contribution in [3.05, 3.63) is 82.4 Å². The molecule has 0 atom stereocenters. The number of carbonyl (C=O) groups is 2. The first-order valence-corrected chi connectivity index (χ1v) is 13.3. The van der Waals surface area contributed by atoms with E-state index in [0.29, 0.717) is 59.1 Å². The van der Waals surface area contributed by atoms with Crippen molar-refractivity contribution in [3.8, 4) is 11.5 Å². The zero-order chi connectivity index (χ0) is 27.1. The van der Waals surface area contributed by atoms with Gasteiger partial charge in [0.05, 0.1) is 18.4 Å². The van der Waals surface area contributed by atoms with E-state index in [1.807, 2.05) is 24.3 Å². The zero-order valence-corrected chi connectivity index (χ0v) is 22.8. The van der Waals surface area contributed by atoms with Gasteiger partial charge in [-0.15, -0.1) is 0 Å². The maximum Gasteiger partial charge on any atom is 0.259 e. The molecule has 1 aliphatic heterocycles. The summed E-state index contributed by atoms with van der Waals surface area (Å²) in [6.07, 6.45) is 2.77. The Hall–Kier alpha value is -3.55. The number of aryl methyl sites for hydroxylation is 1. The molecule has 0 spiro atoms. The number of halogens is 1. The van der Waals surface area contributed by atoms with Crippen LogP contribution in [0, 0.1) is 0 Å². The predicted molar refractivity (Wildman–Crippen MR) is 152 cm³/mol. The van der Waals surface area contributed by atoms with E-state index in [1.54, 1.807) is 41.3 Å². The number of ether oxygens (including phenoxy) is 2. The van der Waals surface area contributed by atoms with Crippen LogP contribution in [0.25, 0.3) is 0 Å². The minimum absolute atomic E-state index is 0.125. The molecule has 8 heteroatoms. The van der Waals surface area contributed by atoms with E-state index < -0.39 is 0 Å². The highest BCUT2D eigenvalue weighted by Gasteiger charge is 2.24. The van der Waals surface area contributed by atoms with Gasteiger partial charge in [0, 0.05) is 35.4 Å². The molecule has 0 fully saturated rings. The maximum atomic E-state index is 13.6. The Morgan fingerprint density at radius 2 is 1.84 bits per heavy atom. The molecular weight excluding hydrogens is 502 g/mol. The van der Waals surface area contributed by atoms with Gasteiger partial charge in [-0.05, 0) is 73.4 Å². The summed E-state index contributed by atoms with van der Waals surface area (Å²) in [5.74, 6) is 0.449. The fraction of sp³-hybridized carbons (Fsp3) is 0.333. The van der Waals surface area contributed by atoms with Crippen molar-refractivity contribution in [1.29, 1.82) is 0 Å². The topological polar surface area (TPSA) is 79.9 Å². The number of benzene rings is 3. The number of amides is 2. The Kier molecular flexibility index (Phi) is 9.26. The number of hydrogen-bond acceptors (Lipinski definition) is 5. The first kappa shape index (κ1) is 27.5. The van der Waals surface area contributed by atoms with Gasteiger partial charge in [0.2, 0.25) is 0 Å². The minimum atomic E-state index is -0.326. The number of methoxy groups -OCH3 is 1. The molecule has 3 aromatic rings. The van der Waals surface area contributed by atoms with Crippen molar-refractivity contribution in [1.82, 2.24) is 5.32 Å². The van der Waals surface area contributed by atoms with Crippen molar-refractivity contribution in [2.24, 2.45) is 0 Å². The largest absolute Gasteiger partial charge is 0.495 e. The van der Waals surface area contributed by atoms with Crippen molar-refractivity contribution < 1.29 is 19.1 Å². The fourth-order valence-electron chi connectivity index (χ4n) is 4.50. The van der Waals surface area contributed by atoms with E-state index in [2.05, 4.69) is 24.5 Å². The second kappa shape index (κ2) is 12.8. The second-order valence-electron chi connectivity index (χ2n) is 9.51. The molecule has 0 aromatic heterocycles. The molecule has 3 aromatic carbocycles. The standard InChI is InChI=1S/C30H34ClN3O4/c1-20(2)32-15-17-38-27-10-5-4-9-24(27)29(35)33-25-13-11-22(19-28(25)37-3)30(36)34-16-7-6-8-21-18-23(31)12-14-26(21)34/h4-5,9-14,18-20,32H,6-8,15-17H2,1-3H3,(H,33,35). The molecule has 0 radical (unpaired) electrons. The molecule has 7 nitrogen and oxygen atoms in total. The van der Waals surface area contributed by atoms with Crippen LogP contribution in [0.2, 0.25) is 5.02 Å². The smallest absolute Gasteiger partial charge is 0.259 e. The molecule has 1 heterocycles. The average molecular weight is 536 g/mol. The van der Waals surface area contributed by atoms with Gasteiger partial charge in [-0.25, -0.2) is 0 Å². The lowest BCUT2D eigenvalue weighted by atomic mass is 10.1. The van der Waals surface area contributed by atoms with Crippen LogP contribution in [0.15, 0.2) is 60.7 Å². The number of hydrogen-bond donors (Lipinski definition) is 2. The Morgan fingerprint density at radius 1 is 1.03 bits per heavy atom. The van der Waals surface area contributed by atoms with Gasteiger partial charge in [-0.2, -0.15) is 0 Å². The number of para-hydroxylation sites is 1.